The minimum absolute atomic E-state index is 0.189. The molecule has 2 N–H and O–H groups in total. The number of hydrogen-bond acceptors (Lipinski definition) is 3. The number of aliphatic hydroxyl groups is 1. The summed E-state index contributed by atoms with van der Waals surface area (Å²) < 4.78 is 6.81. The van der Waals surface area contributed by atoms with Crippen LogP contribution in [0.4, 0.5) is 0 Å². The van der Waals surface area contributed by atoms with E-state index in [0.29, 0.717) is 0 Å². The Kier molecular flexibility index (Phi) is 3.59. The predicted molar refractivity (Wildman–Crippen MR) is 73.8 cm³/mol. The van der Waals surface area contributed by atoms with Crippen LogP contribution in [-0.4, -0.2) is 23.9 Å². The lowest BCUT2D eigenvalue weighted by Gasteiger charge is -2.17. The van der Waals surface area contributed by atoms with Gasteiger partial charge in [0.1, 0.15) is 5.75 Å². The highest BCUT2D eigenvalue weighted by Crippen LogP contribution is 2.33. The van der Waals surface area contributed by atoms with Gasteiger partial charge in [0.15, 0.2) is 0 Å². The molecule has 0 aromatic heterocycles. The molecule has 1 aromatic carbocycles. The van der Waals surface area contributed by atoms with E-state index in [4.69, 9.17) is 4.74 Å². The second-order valence-corrected chi connectivity index (χ2v) is 6.05. The van der Waals surface area contributed by atoms with Crippen LogP contribution in [0.5, 0.6) is 5.75 Å². The quantitative estimate of drug-likeness (QED) is 0.900. The molecule has 0 saturated heterocycles. The summed E-state index contributed by atoms with van der Waals surface area (Å²) in [5.74, 6) is 1.04. The van der Waals surface area contributed by atoms with Crippen molar-refractivity contribution in [2.24, 2.45) is 0 Å². The van der Waals surface area contributed by atoms with E-state index in [-0.39, 0.29) is 12.1 Å². The molecule has 2 aliphatic rings. The van der Waals surface area contributed by atoms with Crippen molar-refractivity contribution in [3.8, 4) is 5.75 Å². The Bertz CT molecular complexity index is 450. The predicted octanol–water partition coefficient (Wildman–Crippen LogP) is 2.39. The van der Waals surface area contributed by atoms with Crippen LogP contribution in [-0.2, 0) is 13.0 Å². The number of nitrogens with one attached hydrogen (secondary N) is 1. The van der Waals surface area contributed by atoms with Crippen LogP contribution in [0, 0.1) is 0 Å². The van der Waals surface area contributed by atoms with E-state index < -0.39 is 0 Å². The van der Waals surface area contributed by atoms with Crippen LogP contribution >= 0.6 is 15.9 Å². The normalized spacial score (nSPS) is 26.1. The lowest BCUT2D eigenvalue weighted by molar-refractivity contribution is 0.148. The Hall–Kier alpha value is -0.580. The molecular weight excluding hydrogens is 294 g/mol. The largest absolute Gasteiger partial charge is 0.493 e. The smallest absolute Gasteiger partial charge is 0.127 e. The number of fused-ring (bicyclic) bond motifs is 1. The maximum atomic E-state index is 9.81. The van der Waals surface area contributed by atoms with Gasteiger partial charge in [0.2, 0.25) is 0 Å². The van der Waals surface area contributed by atoms with Crippen LogP contribution in [0.3, 0.4) is 0 Å². The van der Waals surface area contributed by atoms with E-state index in [9.17, 15) is 5.11 Å². The lowest BCUT2D eigenvalue weighted by atomic mass is 10.1. The Morgan fingerprint density at radius 1 is 1.39 bits per heavy atom. The van der Waals surface area contributed by atoms with Gasteiger partial charge in [-0.15, -0.1) is 0 Å². The van der Waals surface area contributed by atoms with Gasteiger partial charge < -0.3 is 15.2 Å². The topological polar surface area (TPSA) is 41.5 Å². The van der Waals surface area contributed by atoms with E-state index in [1.807, 2.05) is 0 Å². The lowest BCUT2D eigenvalue weighted by Crippen LogP contribution is -2.35. The zero-order valence-corrected chi connectivity index (χ0v) is 11.9. The minimum Gasteiger partial charge on any atom is -0.493 e. The molecule has 1 aliphatic heterocycles. The molecule has 1 heterocycles. The molecule has 18 heavy (non-hydrogen) atoms. The molecule has 1 fully saturated rings. The van der Waals surface area contributed by atoms with Crippen molar-refractivity contribution in [2.75, 3.05) is 6.61 Å². The first kappa shape index (κ1) is 12.5. The first-order valence-electron chi connectivity index (χ1n) is 6.59. The molecule has 1 aliphatic carbocycles. The summed E-state index contributed by atoms with van der Waals surface area (Å²) in [6.45, 7) is 1.55. The molecule has 2 atom stereocenters. The Morgan fingerprint density at radius 2 is 2.28 bits per heavy atom. The zero-order chi connectivity index (χ0) is 12.5. The van der Waals surface area contributed by atoms with E-state index in [0.717, 1.165) is 49.1 Å². The highest BCUT2D eigenvalue weighted by atomic mass is 79.9. The Labute approximate surface area is 116 Å². The molecule has 0 spiro atoms. The Balaban J connectivity index is 1.73. The highest BCUT2D eigenvalue weighted by Gasteiger charge is 2.25. The molecule has 3 rings (SSSR count). The summed E-state index contributed by atoms with van der Waals surface area (Å²) in [4.78, 5) is 0. The second kappa shape index (κ2) is 5.19. The first-order chi connectivity index (χ1) is 8.74. The first-order valence-corrected chi connectivity index (χ1v) is 7.39. The summed E-state index contributed by atoms with van der Waals surface area (Å²) in [5, 5.41) is 13.3. The monoisotopic (exact) mass is 311 g/mol. The van der Waals surface area contributed by atoms with Gasteiger partial charge in [0.25, 0.3) is 0 Å². The second-order valence-electron chi connectivity index (χ2n) is 5.14. The molecule has 0 radical (unpaired) electrons. The number of aliphatic hydroxyl groups excluding tert-OH is 1. The van der Waals surface area contributed by atoms with E-state index in [2.05, 4.69) is 33.4 Å². The van der Waals surface area contributed by atoms with Crippen LogP contribution in [0.2, 0.25) is 0 Å². The Morgan fingerprint density at radius 3 is 3.06 bits per heavy atom. The minimum atomic E-state index is -0.189. The number of ether oxygens (including phenoxy) is 1. The van der Waals surface area contributed by atoms with Crippen LogP contribution < -0.4 is 10.1 Å². The summed E-state index contributed by atoms with van der Waals surface area (Å²) in [7, 11) is 0. The van der Waals surface area contributed by atoms with Gasteiger partial charge in [-0.2, -0.15) is 0 Å². The molecule has 0 bridgehead atoms. The maximum Gasteiger partial charge on any atom is 0.127 e. The zero-order valence-electron chi connectivity index (χ0n) is 10.3. The van der Waals surface area contributed by atoms with Crippen molar-refractivity contribution >= 4 is 15.9 Å². The fourth-order valence-corrected chi connectivity index (χ4v) is 3.45. The van der Waals surface area contributed by atoms with Crippen molar-refractivity contribution in [3.05, 3.63) is 27.7 Å². The number of rotatable bonds is 3. The van der Waals surface area contributed by atoms with E-state index >= 15 is 0 Å². The molecule has 3 nitrogen and oxygen atoms in total. The van der Waals surface area contributed by atoms with Crippen molar-refractivity contribution in [3.63, 3.8) is 0 Å². The number of hydrogen-bond donors (Lipinski definition) is 2. The SMILES string of the molecule is O[C@@H]1CCC[C@H]1NCc1cc(Br)cc2c1OCC2. The molecule has 4 heteroatoms. The van der Waals surface area contributed by atoms with Crippen LogP contribution in [0.25, 0.3) is 0 Å². The van der Waals surface area contributed by atoms with Gasteiger partial charge in [-0.1, -0.05) is 15.9 Å². The van der Waals surface area contributed by atoms with Gasteiger partial charge in [-0.25, -0.2) is 0 Å². The molecule has 1 saturated carbocycles. The summed E-state index contributed by atoms with van der Waals surface area (Å²) in [6, 6.07) is 4.48. The molecule has 0 unspecified atom stereocenters. The third kappa shape index (κ3) is 2.42. The van der Waals surface area contributed by atoms with Crippen molar-refractivity contribution in [1.82, 2.24) is 5.32 Å². The summed E-state index contributed by atoms with van der Waals surface area (Å²) >= 11 is 3.55. The molecule has 0 amide bonds. The van der Waals surface area contributed by atoms with Gasteiger partial charge in [0.05, 0.1) is 12.7 Å². The van der Waals surface area contributed by atoms with Gasteiger partial charge in [0, 0.05) is 29.0 Å². The maximum absolute atomic E-state index is 9.81. The molecular formula is C14H18BrNO2. The van der Waals surface area contributed by atoms with Crippen LogP contribution in [0.15, 0.2) is 16.6 Å². The molecule has 98 valence electrons. The summed E-state index contributed by atoms with van der Waals surface area (Å²) in [5.41, 5.74) is 2.48. The highest BCUT2D eigenvalue weighted by molar-refractivity contribution is 9.10. The third-order valence-corrected chi connectivity index (χ3v) is 4.32. The van der Waals surface area contributed by atoms with E-state index in [1.54, 1.807) is 0 Å². The average Bonchev–Trinajstić information content (AvgIpc) is 2.94. The summed E-state index contributed by atoms with van der Waals surface area (Å²) in [6.07, 6.45) is 3.91. The fraction of sp³-hybridized carbons (Fsp3) is 0.571. The van der Waals surface area contributed by atoms with Gasteiger partial charge in [-0.05, 0) is 37.0 Å². The van der Waals surface area contributed by atoms with Crippen molar-refractivity contribution < 1.29 is 9.84 Å². The van der Waals surface area contributed by atoms with Crippen molar-refractivity contribution in [2.45, 2.75) is 44.4 Å². The number of halogens is 1. The average molecular weight is 312 g/mol. The van der Waals surface area contributed by atoms with Crippen LogP contribution in [0.1, 0.15) is 30.4 Å². The van der Waals surface area contributed by atoms with Gasteiger partial charge in [-0.3, -0.25) is 0 Å². The molecule has 1 aromatic rings. The van der Waals surface area contributed by atoms with Crippen molar-refractivity contribution in [1.29, 1.82) is 0 Å². The number of benzene rings is 1. The fourth-order valence-electron chi connectivity index (χ4n) is 2.90. The standard InChI is InChI=1S/C14H18BrNO2/c15-11-6-9-4-5-18-14(9)10(7-11)8-16-12-2-1-3-13(12)17/h6-7,12-13,16-17H,1-5,8H2/t12-,13-/m1/s1. The van der Waals surface area contributed by atoms with Gasteiger partial charge >= 0.3 is 0 Å². The third-order valence-electron chi connectivity index (χ3n) is 3.86. The van der Waals surface area contributed by atoms with E-state index in [1.165, 1.54) is 11.1 Å².